The summed E-state index contributed by atoms with van der Waals surface area (Å²) >= 11 is 0. The highest BCUT2D eigenvalue weighted by molar-refractivity contribution is 5.94. The fraction of sp³-hybridized carbons (Fsp3) is 0.552. The third-order valence-electron chi connectivity index (χ3n) is 7.81. The van der Waals surface area contributed by atoms with E-state index in [2.05, 4.69) is 11.1 Å². The van der Waals surface area contributed by atoms with Gasteiger partial charge in [-0.25, -0.2) is 4.98 Å². The number of hydrogen-bond acceptors (Lipinski definition) is 6. The molecule has 7 heteroatoms. The molecule has 0 saturated heterocycles. The normalized spacial score (nSPS) is 21.1. The Balaban J connectivity index is 1.49. The molecule has 0 radical (unpaired) electrons. The second kappa shape index (κ2) is 12.2. The van der Waals surface area contributed by atoms with Crippen LogP contribution in [0.4, 0.5) is 5.82 Å². The fourth-order valence-corrected chi connectivity index (χ4v) is 5.72. The molecular weight excluding hydrogens is 452 g/mol. The highest BCUT2D eigenvalue weighted by Gasteiger charge is 2.31. The van der Waals surface area contributed by atoms with Gasteiger partial charge < -0.3 is 15.2 Å². The second-order valence-electron chi connectivity index (χ2n) is 10.2. The lowest BCUT2D eigenvalue weighted by Crippen LogP contribution is -2.41. The van der Waals surface area contributed by atoms with E-state index in [0.717, 1.165) is 74.1 Å². The number of nitrogens with zero attached hydrogens (tertiary/aromatic N) is 3. The maximum Gasteiger partial charge on any atom is 0.231 e. The van der Waals surface area contributed by atoms with Crippen molar-refractivity contribution in [3.8, 4) is 5.75 Å². The van der Waals surface area contributed by atoms with Gasteiger partial charge in [-0.2, -0.15) is 0 Å². The van der Waals surface area contributed by atoms with Gasteiger partial charge in [-0.3, -0.25) is 14.7 Å². The second-order valence-corrected chi connectivity index (χ2v) is 10.2. The number of carbonyl (C=O) groups excluding carboxylic acids is 1. The van der Waals surface area contributed by atoms with Gasteiger partial charge in [0.15, 0.2) is 0 Å². The van der Waals surface area contributed by atoms with Gasteiger partial charge in [0.1, 0.15) is 17.8 Å². The predicted molar refractivity (Wildman–Crippen MR) is 143 cm³/mol. The number of hydrogen-bond donors (Lipinski definition) is 1. The van der Waals surface area contributed by atoms with E-state index < -0.39 is 0 Å². The molecule has 0 bridgehead atoms. The molecule has 1 amide bonds. The van der Waals surface area contributed by atoms with Crippen molar-refractivity contribution < 1.29 is 14.3 Å². The molecule has 2 heterocycles. The molecule has 2 aliphatic carbocycles. The number of methoxy groups -OCH3 is 2. The molecule has 0 aliphatic heterocycles. The highest BCUT2D eigenvalue weighted by atomic mass is 16.5. The zero-order chi connectivity index (χ0) is 25.5. The van der Waals surface area contributed by atoms with E-state index in [9.17, 15) is 4.79 Å². The summed E-state index contributed by atoms with van der Waals surface area (Å²) in [4.78, 5) is 25.1. The van der Waals surface area contributed by atoms with Gasteiger partial charge in [0.05, 0.1) is 25.6 Å². The fourth-order valence-electron chi connectivity index (χ4n) is 5.72. The third-order valence-corrected chi connectivity index (χ3v) is 7.81. The first-order chi connectivity index (χ1) is 17.5. The molecule has 194 valence electrons. The quantitative estimate of drug-likeness (QED) is 0.484. The standard InChI is InChI=1S/C29H40N4O3/c1-20-27(36-3)14-13-26(32-20)22-11-9-21(10-12-22)18-33(29(34)23-7-5-4-6-8-23)28-17-24(15-16-31-28)25(30)19-35-2/h13-17,19,21-23H,4-12,18,30H2,1-3H3/b25-19-. The Morgan fingerprint density at radius 1 is 1.08 bits per heavy atom. The Morgan fingerprint density at radius 3 is 2.50 bits per heavy atom. The maximum atomic E-state index is 13.8. The SMILES string of the molecule is CO/C=C(\N)c1ccnc(N(CC2CCC(c3ccc(OC)c(C)n3)CC2)C(=O)C2CCCCC2)c1. The lowest BCUT2D eigenvalue weighted by Gasteiger charge is -2.34. The molecule has 0 unspecified atom stereocenters. The molecule has 7 nitrogen and oxygen atoms in total. The minimum Gasteiger partial charge on any atom is -0.502 e. The molecule has 2 aromatic rings. The molecular formula is C29H40N4O3. The number of rotatable bonds is 8. The maximum absolute atomic E-state index is 13.8. The molecule has 0 spiro atoms. The zero-order valence-electron chi connectivity index (χ0n) is 21.9. The minimum absolute atomic E-state index is 0.0823. The monoisotopic (exact) mass is 492 g/mol. The average Bonchev–Trinajstić information content (AvgIpc) is 2.92. The molecule has 4 rings (SSSR count). The van der Waals surface area contributed by atoms with E-state index in [1.807, 2.05) is 30.0 Å². The summed E-state index contributed by atoms with van der Waals surface area (Å²) in [5.41, 5.74) is 9.59. The van der Waals surface area contributed by atoms with Gasteiger partial charge in [-0.15, -0.1) is 0 Å². The van der Waals surface area contributed by atoms with Crippen molar-refractivity contribution in [2.75, 3.05) is 25.7 Å². The molecule has 2 aromatic heterocycles. The van der Waals surface area contributed by atoms with E-state index in [0.29, 0.717) is 29.9 Å². The van der Waals surface area contributed by atoms with Crippen molar-refractivity contribution in [2.24, 2.45) is 17.6 Å². The van der Waals surface area contributed by atoms with Crippen molar-refractivity contribution in [1.82, 2.24) is 9.97 Å². The largest absolute Gasteiger partial charge is 0.502 e. The van der Waals surface area contributed by atoms with Gasteiger partial charge in [0, 0.05) is 35.8 Å². The summed E-state index contributed by atoms with van der Waals surface area (Å²) in [6.07, 6.45) is 12.9. The van der Waals surface area contributed by atoms with Crippen molar-refractivity contribution in [1.29, 1.82) is 0 Å². The first-order valence-corrected chi connectivity index (χ1v) is 13.3. The van der Waals surface area contributed by atoms with Gasteiger partial charge in [-0.1, -0.05) is 19.3 Å². The van der Waals surface area contributed by atoms with Gasteiger partial charge in [-0.05, 0) is 75.6 Å². The lowest BCUT2D eigenvalue weighted by molar-refractivity contribution is -0.123. The van der Waals surface area contributed by atoms with E-state index in [4.69, 9.17) is 20.2 Å². The van der Waals surface area contributed by atoms with Crippen molar-refractivity contribution in [3.05, 3.63) is 53.7 Å². The van der Waals surface area contributed by atoms with Gasteiger partial charge in [0.2, 0.25) is 5.91 Å². The predicted octanol–water partition coefficient (Wildman–Crippen LogP) is 5.58. The third kappa shape index (κ3) is 6.18. The van der Waals surface area contributed by atoms with Crippen LogP contribution in [0.1, 0.15) is 80.7 Å². The summed E-state index contributed by atoms with van der Waals surface area (Å²) in [6.45, 7) is 2.69. The molecule has 36 heavy (non-hydrogen) atoms. The summed E-state index contributed by atoms with van der Waals surface area (Å²) in [6, 6.07) is 7.90. The van der Waals surface area contributed by atoms with Crippen LogP contribution in [0.3, 0.4) is 0 Å². The molecule has 2 aliphatic rings. The van der Waals surface area contributed by atoms with Crippen molar-refractivity contribution in [3.63, 3.8) is 0 Å². The number of aromatic nitrogens is 2. The molecule has 0 atom stereocenters. The highest BCUT2D eigenvalue weighted by Crippen LogP contribution is 2.37. The molecule has 0 aromatic carbocycles. The van der Waals surface area contributed by atoms with Crippen molar-refractivity contribution >= 4 is 17.4 Å². The Kier molecular flexibility index (Phi) is 8.83. The Labute approximate surface area is 215 Å². The van der Waals surface area contributed by atoms with Crippen LogP contribution in [-0.4, -0.2) is 36.6 Å². The minimum atomic E-state index is 0.0823. The number of nitrogens with two attached hydrogens (primary N) is 1. The Morgan fingerprint density at radius 2 is 1.83 bits per heavy atom. The zero-order valence-corrected chi connectivity index (χ0v) is 21.9. The summed E-state index contributed by atoms with van der Waals surface area (Å²) < 4.78 is 10.5. The molecule has 2 fully saturated rings. The number of pyridine rings is 2. The summed E-state index contributed by atoms with van der Waals surface area (Å²) in [5.74, 6) is 2.70. The Bertz CT molecular complexity index is 1060. The first kappa shape index (κ1) is 26.0. The molecule has 2 saturated carbocycles. The number of carbonyl (C=O) groups is 1. The summed E-state index contributed by atoms with van der Waals surface area (Å²) in [5, 5.41) is 0. The van der Waals surface area contributed by atoms with Crippen molar-refractivity contribution in [2.45, 2.75) is 70.6 Å². The van der Waals surface area contributed by atoms with Crippen LogP contribution < -0.4 is 15.4 Å². The topological polar surface area (TPSA) is 90.6 Å². The van der Waals surface area contributed by atoms with E-state index in [-0.39, 0.29) is 11.8 Å². The lowest BCUT2D eigenvalue weighted by atomic mass is 9.79. The smallest absolute Gasteiger partial charge is 0.231 e. The van der Waals surface area contributed by atoms with E-state index in [1.54, 1.807) is 20.4 Å². The number of anilines is 1. The number of ether oxygens (including phenoxy) is 2. The Hall–Kier alpha value is -3.09. The van der Waals surface area contributed by atoms with Crippen LogP contribution >= 0.6 is 0 Å². The number of aryl methyl sites for hydroxylation is 1. The van der Waals surface area contributed by atoms with Gasteiger partial charge >= 0.3 is 0 Å². The average molecular weight is 493 g/mol. The van der Waals surface area contributed by atoms with Crippen LogP contribution in [0.5, 0.6) is 5.75 Å². The van der Waals surface area contributed by atoms with Crippen LogP contribution in [0.15, 0.2) is 36.7 Å². The first-order valence-electron chi connectivity index (χ1n) is 13.3. The van der Waals surface area contributed by atoms with Crippen LogP contribution in [0.2, 0.25) is 0 Å². The van der Waals surface area contributed by atoms with E-state index in [1.165, 1.54) is 12.7 Å². The molecule has 2 N–H and O–H groups in total. The van der Waals surface area contributed by atoms with Crippen LogP contribution in [-0.2, 0) is 9.53 Å². The van der Waals surface area contributed by atoms with Crippen LogP contribution in [0.25, 0.3) is 5.70 Å². The van der Waals surface area contributed by atoms with Crippen LogP contribution in [0, 0.1) is 18.8 Å². The van der Waals surface area contributed by atoms with Gasteiger partial charge in [0.25, 0.3) is 0 Å². The summed E-state index contributed by atoms with van der Waals surface area (Å²) in [7, 11) is 3.26. The number of amides is 1. The van der Waals surface area contributed by atoms with E-state index >= 15 is 0 Å².